The van der Waals surface area contributed by atoms with Crippen molar-refractivity contribution in [3.8, 4) is 0 Å². The predicted molar refractivity (Wildman–Crippen MR) is 90.2 cm³/mol. The van der Waals surface area contributed by atoms with Crippen LogP contribution in [0.25, 0.3) is 0 Å². The molecule has 0 spiro atoms. The number of aliphatic carboxylic acids is 1. The van der Waals surface area contributed by atoms with Crippen molar-refractivity contribution >= 4 is 33.7 Å². The lowest BCUT2D eigenvalue weighted by Gasteiger charge is -2.14. The average Bonchev–Trinajstić information content (AvgIpc) is 2.51. The molecule has 2 amide bonds. The van der Waals surface area contributed by atoms with Gasteiger partial charge in [0.25, 0.3) is 5.91 Å². The van der Waals surface area contributed by atoms with Crippen LogP contribution in [0.1, 0.15) is 43.0 Å². The second-order valence-corrected chi connectivity index (χ2v) is 6.03. The SMILES string of the molecule is CCCCC(NC(=O)CCNC(=O)c1ccc(Br)cc1)C(=O)O. The molecule has 6 nitrogen and oxygen atoms in total. The highest BCUT2D eigenvalue weighted by Crippen LogP contribution is 2.10. The minimum Gasteiger partial charge on any atom is -0.480 e. The molecule has 0 saturated carbocycles. The zero-order valence-electron chi connectivity index (χ0n) is 13.0. The Morgan fingerprint density at radius 3 is 2.43 bits per heavy atom. The third kappa shape index (κ3) is 7.27. The molecule has 1 rings (SSSR count). The van der Waals surface area contributed by atoms with E-state index >= 15 is 0 Å². The van der Waals surface area contributed by atoms with Gasteiger partial charge in [-0.25, -0.2) is 4.79 Å². The molecule has 0 heterocycles. The summed E-state index contributed by atoms with van der Waals surface area (Å²) >= 11 is 3.29. The molecule has 0 aromatic heterocycles. The summed E-state index contributed by atoms with van der Waals surface area (Å²) in [5.74, 6) is -1.69. The Hall–Kier alpha value is -1.89. The summed E-state index contributed by atoms with van der Waals surface area (Å²) < 4.78 is 0.875. The molecule has 3 N–H and O–H groups in total. The van der Waals surface area contributed by atoms with Gasteiger partial charge >= 0.3 is 5.97 Å². The van der Waals surface area contributed by atoms with E-state index in [-0.39, 0.29) is 24.8 Å². The van der Waals surface area contributed by atoms with Crippen molar-refractivity contribution in [1.82, 2.24) is 10.6 Å². The largest absolute Gasteiger partial charge is 0.480 e. The Labute approximate surface area is 143 Å². The van der Waals surface area contributed by atoms with E-state index < -0.39 is 12.0 Å². The summed E-state index contributed by atoms with van der Waals surface area (Å²) in [4.78, 5) is 34.7. The third-order valence-electron chi connectivity index (χ3n) is 3.22. The Bertz CT molecular complexity index is 546. The van der Waals surface area contributed by atoms with Crippen molar-refractivity contribution in [2.45, 2.75) is 38.6 Å². The maximum Gasteiger partial charge on any atom is 0.326 e. The molecule has 7 heteroatoms. The van der Waals surface area contributed by atoms with E-state index in [1.54, 1.807) is 24.3 Å². The highest BCUT2D eigenvalue weighted by molar-refractivity contribution is 9.10. The molecule has 1 atom stereocenters. The zero-order chi connectivity index (χ0) is 17.2. The van der Waals surface area contributed by atoms with Crippen LogP contribution in [0.5, 0.6) is 0 Å². The minimum absolute atomic E-state index is 0.0399. The summed E-state index contributed by atoms with van der Waals surface area (Å²) in [5, 5.41) is 14.2. The van der Waals surface area contributed by atoms with Crippen LogP contribution in [-0.2, 0) is 9.59 Å². The lowest BCUT2D eigenvalue weighted by atomic mass is 10.1. The number of nitrogens with one attached hydrogen (secondary N) is 2. The molecule has 1 aromatic rings. The molecule has 0 radical (unpaired) electrons. The average molecular weight is 385 g/mol. The van der Waals surface area contributed by atoms with Gasteiger partial charge in [-0.05, 0) is 30.7 Å². The van der Waals surface area contributed by atoms with Gasteiger partial charge in [0.1, 0.15) is 6.04 Å². The van der Waals surface area contributed by atoms with Gasteiger partial charge in [0.15, 0.2) is 0 Å². The number of unbranched alkanes of at least 4 members (excludes halogenated alkanes) is 1. The molecular formula is C16H21BrN2O4. The number of benzene rings is 1. The minimum atomic E-state index is -1.04. The maximum absolute atomic E-state index is 11.9. The van der Waals surface area contributed by atoms with Crippen LogP contribution in [0.4, 0.5) is 0 Å². The van der Waals surface area contributed by atoms with Crippen molar-refractivity contribution in [2.24, 2.45) is 0 Å². The molecule has 0 fully saturated rings. The van der Waals surface area contributed by atoms with E-state index in [4.69, 9.17) is 5.11 Å². The van der Waals surface area contributed by atoms with E-state index in [2.05, 4.69) is 26.6 Å². The maximum atomic E-state index is 11.9. The van der Waals surface area contributed by atoms with Gasteiger partial charge in [-0.2, -0.15) is 0 Å². The van der Waals surface area contributed by atoms with Crippen molar-refractivity contribution in [3.05, 3.63) is 34.3 Å². The summed E-state index contributed by atoms with van der Waals surface area (Å²) in [5.41, 5.74) is 0.500. The summed E-state index contributed by atoms with van der Waals surface area (Å²) in [6.45, 7) is 2.11. The molecule has 23 heavy (non-hydrogen) atoms. The molecule has 0 saturated heterocycles. The molecule has 0 bridgehead atoms. The highest BCUT2D eigenvalue weighted by Gasteiger charge is 2.18. The van der Waals surface area contributed by atoms with Crippen molar-refractivity contribution in [1.29, 1.82) is 0 Å². The van der Waals surface area contributed by atoms with Crippen LogP contribution >= 0.6 is 15.9 Å². The number of carboxylic acid groups (broad SMARTS) is 1. The molecule has 126 valence electrons. The number of amides is 2. The first-order valence-corrected chi connectivity index (χ1v) is 8.29. The second-order valence-electron chi connectivity index (χ2n) is 5.11. The number of rotatable bonds is 9. The van der Waals surface area contributed by atoms with Gasteiger partial charge in [-0.1, -0.05) is 35.7 Å². The number of halogens is 1. The predicted octanol–water partition coefficient (Wildman–Crippen LogP) is 2.33. The Morgan fingerprint density at radius 1 is 1.22 bits per heavy atom. The van der Waals surface area contributed by atoms with Gasteiger partial charge in [0.2, 0.25) is 5.91 Å². The van der Waals surface area contributed by atoms with Crippen LogP contribution in [-0.4, -0.2) is 35.5 Å². The standard InChI is InChI=1S/C16H21BrN2O4/c1-2-3-4-13(16(22)23)19-14(20)9-10-18-15(21)11-5-7-12(17)8-6-11/h5-8,13H,2-4,9-10H2,1H3,(H,18,21)(H,19,20)(H,22,23). The first-order chi connectivity index (χ1) is 10.9. The van der Waals surface area contributed by atoms with E-state index in [0.717, 1.165) is 17.3 Å². The van der Waals surface area contributed by atoms with Crippen molar-refractivity contribution < 1.29 is 19.5 Å². The normalized spacial score (nSPS) is 11.6. The number of carboxylic acids is 1. The van der Waals surface area contributed by atoms with Crippen LogP contribution < -0.4 is 10.6 Å². The lowest BCUT2D eigenvalue weighted by Crippen LogP contribution is -2.41. The summed E-state index contributed by atoms with van der Waals surface area (Å²) in [7, 11) is 0. The number of hydrogen-bond donors (Lipinski definition) is 3. The monoisotopic (exact) mass is 384 g/mol. The Morgan fingerprint density at radius 2 is 1.87 bits per heavy atom. The van der Waals surface area contributed by atoms with E-state index in [0.29, 0.717) is 12.0 Å². The summed E-state index contributed by atoms with van der Waals surface area (Å²) in [6, 6.07) is 5.99. The first-order valence-electron chi connectivity index (χ1n) is 7.50. The van der Waals surface area contributed by atoms with E-state index in [1.807, 2.05) is 6.92 Å². The van der Waals surface area contributed by atoms with Crippen LogP contribution in [0.2, 0.25) is 0 Å². The number of hydrogen-bond acceptors (Lipinski definition) is 3. The lowest BCUT2D eigenvalue weighted by molar-refractivity contribution is -0.142. The van der Waals surface area contributed by atoms with E-state index in [1.165, 1.54) is 0 Å². The van der Waals surface area contributed by atoms with Crippen molar-refractivity contribution in [2.75, 3.05) is 6.54 Å². The number of carbonyl (C=O) groups excluding carboxylic acids is 2. The fraction of sp³-hybridized carbons (Fsp3) is 0.438. The van der Waals surface area contributed by atoms with Crippen molar-refractivity contribution in [3.63, 3.8) is 0 Å². The molecular weight excluding hydrogens is 364 g/mol. The van der Waals surface area contributed by atoms with Gasteiger partial charge in [0.05, 0.1) is 0 Å². The van der Waals surface area contributed by atoms with Gasteiger partial charge < -0.3 is 15.7 Å². The number of carbonyl (C=O) groups is 3. The van der Waals surface area contributed by atoms with Gasteiger partial charge in [-0.15, -0.1) is 0 Å². The second kappa shape index (κ2) is 9.99. The van der Waals surface area contributed by atoms with Crippen LogP contribution in [0.15, 0.2) is 28.7 Å². The third-order valence-corrected chi connectivity index (χ3v) is 3.75. The fourth-order valence-electron chi connectivity index (χ4n) is 1.93. The molecule has 0 aliphatic heterocycles. The van der Waals surface area contributed by atoms with Gasteiger partial charge in [-0.3, -0.25) is 9.59 Å². The van der Waals surface area contributed by atoms with Crippen LogP contribution in [0.3, 0.4) is 0 Å². The van der Waals surface area contributed by atoms with Crippen LogP contribution in [0, 0.1) is 0 Å². The Kier molecular flexibility index (Phi) is 8.32. The smallest absolute Gasteiger partial charge is 0.326 e. The molecule has 1 aromatic carbocycles. The zero-order valence-corrected chi connectivity index (χ0v) is 14.6. The summed E-state index contributed by atoms with van der Waals surface area (Å²) in [6.07, 6.45) is 2.04. The quantitative estimate of drug-likeness (QED) is 0.608. The molecule has 0 aliphatic carbocycles. The Balaban J connectivity index is 2.36. The van der Waals surface area contributed by atoms with E-state index in [9.17, 15) is 14.4 Å². The van der Waals surface area contributed by atoms with Gasteiger partial charge in [0, 0.05) is 23.0 Å². The highest BCUT2D eigenvalue weighted by atomic mass is 79.9. The topological polar surface area (TPSA) is 95.5 Å². The molecule has 0 aliphatic rings. The fourth-order valence-corrected chi connectivity index (χ4v) is 2.19. The molecule has 1 unspecified atom stereocenters. The first kappa shape index (κ1) is 19.2.